The number of hydrogen-bond acceptors (Lipinski definition) is 4. The Morgan fingerprint density at radius 2 is 1.12 bits per heavy atom. The molecule has 0 spiro atoms. The quantitative estimate of drug-likeness (QED) is 0.164. The van der Waals surface area contributed by atoms with Gasteiger partial charge in [-0.3, -0.25) is 20.2 Å². The summed E-state index contributed by atoms with van der Waals surface area (Å²) in [5.41, 5.74) is 3.00. The van der Waals surface area contributed by atoms with Crippen LogP contribution in [-0.2, 0) is 5.54 Å². The molecule has 2 N–H and O–H groups in total. The van der Waals surface area contributed by atoms with Crippen LogP contribution in [-0.4, -0.2) is 23.9 Å². The Labute approximate surface area is 198 Å². The zero-order valence-corrected chi connectivity index (χ0v) is 18.6. The maximum Gasteiger partial charge on any atom is 0.269 e. The summed E-state index contributed by atoms with van der Waals surface area (Å²) in [6, 6.07) is 36.3. The number of non-ortho nitro benzene ring substituents is 1. The van der Waals surface area contributed by atoms with Crippen LogP contribution in [0.25, 0.3) is 0 Å². The van der Waals surface area contributed by atoms with Gasteiger partial charge in [-0.25, -0.2) is 0 Å². The predicted octanol–water partition coefficient (Wildman–Crippen LogP) is 4.91. The minimum atomic E-state index is -0.609. The van der Waals surface area contributed by atoms with Gasteiger partial charge in [0.2, 0.25) is 0 Å². The van der Waals surface area contributed by atoms with Crippen LogP contribution >= 0.6 is 0 Å². The summed E-state index contributed by atoms with van der Waals surface area (Å²) < 4.78 is 0. The molecule has 34 heavy (non-hydrogen) atoms. The standard InChI is InChI=1S/C28H25N3O3/c32-27(22-16-18-26(19-17-22)31(33)34)29-20-21-30-28(23-10-4-1-5-11-23,24-12-6-2-7-13-24)25-14-8-3-9-15-25/h1-19,30H,20-21H2,(H,29,32). The number of benzene rings is 4. The van der Waals surface area contributed by atoms with E-state index in [9.17, 15) is 14.9 Å². The second-order valence-electron chi connectivity index (χ2n) is 7.83. The van der Waals surface area contributed by atoms with E-state index in [0.29, 0.717) is 18.7 Å². The van der Waals surface area contributed by atoms with E-state index in [1.54, 1.807) is 0 Å². The van der Waals surface area contributed by atoms with E-state index < -0.39 is 10.5 Å². The fraction of sp³-hybridized carbons (Fsp3) is 0.107. The van der Waals surface area contributed by atoms with Crippen LogP contribution in [0.15, 0.2) is 115 Å². The van der Waals surface area contributed by atoms with E-state index in [-0.39, 0.29) is 11.6 Å². The molecule has 6 nitrogen and oxygen atoms in total. The Morgan fingerprint density at radius 1 is 0.676 bits per heavy atom. The highest BCUT2D eigenvalue weighted by atomic mass is 16.6. The van der Waals surface area contributed by atoms with Crippen LogP contribution < -0.4 is 10.6 Å². The largest absolute Gasteiger partial charge is 0.351 e. The van der Waals surface area contributed by atoms with E-state index in [1.807, 2.05) is 54.6 Å². The molecule has 1 amide bonds. The number of nitrogens with one attached hydrogen (secondary N) is 2. The first-order valence-corrected chi connectivity index (χ1v) is 11.1. The van der Waals surface area contributed by atoms with Crippen LogP contribution in [0.3, 0.4) is 0 Å². The number of amides is 1. The van der Waals surface area contributed by atoms with Crippen molar-refractivity contribution in [3.63, 3.8) is 0 Å². The molecular formula is C28H25N3O3. The SMILES string of the molecule is O=C(NCCNC(c1ccccc1)(c1ccccc1)c1ccccc1)c1ccc([N+](=O)[O-])cc1. The molecule has 0 saturated carbocycles. The molecule has 0 fully saturated rings. The van der Waals surface area contributed by atoms with E-state index in [1.165, 1.54) is 24.3 Å². The fourth-order valence-corrected chi connectivity index (χ4v) is 4.13. The third kappa shape index (κ3) is 4.87. The maximum atomic E-state index is 12.6. The zero-order chi connectivity index (χ0) is 23.8. The van der Waals surface area contributed by atoms with E-state index >= 15 is 0 Å². The molecule has 4 aromatic rings. The van der Waals surface area contributed by atoms with Gasteiger partial charge in [-0.1, -0.05) is 91.0 Å². The van der Waals surface area contributed by atoms with Crippen molar-refractivity contribution >= 4 is 11.6 Å². The van der Waals surface area contributed by atoms with Gasteiger partial charge < -0.3 is 5.32 Å². The average molecular weight is 452 g/mol. The van der Waals surface area contributed by atoms with Gasteiger partial charge in [-0.15, -0.1) is 0 Å². The molecule has 0 bridgehead atoms. The monoisotopic (exact) mass is 451 g/mol. The van der Waals surface area contributed by atoms with Crippen molar-refractivity contribution < 1.29 is 9.72 Å². The molecule has 0 aliphatic heterocycles. The van der Waals surface area contributed by atoms with Crippen molar-refractivity contribution in [3.05, 3.63) is 148 Å². The highest BCUT2D eigenvalue weighted by Gasteiger charge is 2.35. The van der Waals surface area contributed by atoms with Crippen molar-refractivity contribution in [3.8, 4) is 0 Å². The first kappa shape index (κ1) is 22.9. The van der Waals surface area contributed by atoms with Crippen LogP contribution in [0.4, 0.5) is 5.69 Å². The van der Waals surface area contributed by atoms with Gasteiger partial charge in [-0.05, 0) is 28.8 Å². The second-order valence-corrected chi connectivity index (χ2v) is 7.83. The van der Waals surface area contributed by atoms with Crippen molar-refractivity contribution in [1.29, 1.82) is 0 Å². The van der Waals surface area contributed by atoms with Gasteiger partial charge in [-0.2, -0.15) is 0 Å². The van der Waals surface area contributed by atoms with Gasteiger partial charge in [0.25, 0.3) is 11.6 Å². The van der Waals surface area contributed by atoms with Gasteiger partial charge in [0.1, 0.15) is 0 Å². The Morgan fingerprint density at radius 3 is 1.53 bits per heavy atom. The molecule has 4 aromatic carbocycles. The van der Waals surface area contributed by atoms with E-state index in [0.717, 1.165) is 16.7 Å². The second kappa shape index (κ2) is 10.6. The number of rotatable bonds is 9. The summed E-state index contributed by atoms with van der Waals surface area (Å²) in [6.45, 7) is 0.876. The van der Waals surface area contributed by atoms with Gasteiger partial charge in [0.05, 0.1) is 10.5 Å². The van der Waals surface area contributed by atoms with Crippen molar-refractivity contribution in [2.24, 2.45) is 0 Å². The fourth-order valence-electron chi connectivity index (χ4n) is 4.13. The highest BCUT2D eigenvalue weighted by Crippen LogP contribution is 2.36. The molecule has 0 aliphatic carbocycles. The molecule has 4 rings (SSSR count). The summed E-state index contributed by atoms with van der Waals surface area (Å²) in [7, 11) is 0. The molecule has 6 heteroatoms. The number of carbonyl (C=O) groups is 1. The van der Waals surface area contributed by atoms with Crippen LogP contribution in [0.1, 0.15) is 27.0 Å². The molecule has 0 atom stereocenters. The number of hydrogen-bond donors (Lipinski definition) is 2. The molecule has 0 aliphatic rings. The van der Waals surface area contributed by atoms with Crippen molar-refractivity contribution in [2.75, 3.05) is 13.1 Å². The van der Waals surface area contributed by atoms with Crippen LogP contribution in [0, 0.1) is 10.1 Å². The molecule has 0 aromatic heterocycles. The smallest absolute Gasteiger partial charge is 0.269 e. The first-order chi connectivity index (χ1) is 16.6. The molecule has 0 unspecified atom stereocenters. The minimum absolute atomic E-state index is 0.0448. The first-order valence-electron chi connectivity index (χ1n) is 11.1. The molecule has 170 valence electrons. The lowest BCUT2D eigenvalue weighted by molar-refractivity contribution is -0.384. The predicted molar refractivity (Wildman–Crippen MR) is 133 cm³/mol. The maximum absolute atomic E-state index is 12.6. The third-order valence-corrected chi connectivity index (χ3v) is 5.76. The normalized spacial score (nSPS) is 11.1. The Bertz CT molecular complexity index is 1130. The van der Waals surface area contributed by atoms with Crippen LogP contribution in [0.5, 0.6) is 0 Å². The van der Waals surface area contributed by atoms with E-state index in [4.69, 9.17) is 0 Å². The number of carbonyl (C=O) groups excluding carboxylic acids is 1. The summed E-state index contributed by atoms with van der Waals surface area (Å²) in [5, 5.41) is 17.4. The van der Waals surface area contributed by atoms with Crippen LogP contribution in [0.2, 0.25) is 0 Å². The Hall–Kier alpha value is -4.29. The number of nitrogens with zero attached hydrogens (tertiary/aromatic N) is 1. The van der Waals surface area contributed by atoms with Gasteiger partial charge >= 0.3 is 0 Å². The van der Waals surface area contributed by atoms with Crippen molar-refractivity contribution in [2.45, 2.75) is 5.54 Å². The summed E-state index contributed by atoms with van der Waals surface area (Å²) in [4.78, 5) is 22.9. The molecule has 0 saturated heterocycles. The molecule has 0 radical (unpaired) electrons. The van der Waals surface area contributed by atoms with Gasteiger partial charge in [0.15, 0.2) is 0 Å². The zero-order valence-electron chi connectivity index (χ0n) is 18.6. The Balaban J connectivity index is 1.57. The lowest BCUT2D eigenvalue weighted by Gasteiger charge is -2.37. The third-order valence-electron chi connectivity index (χ3n) is 5.76. The molecular weight excluding hydrogens is 426 g/mol. The summed E-state index contributed by atoms with van der Waals surface area (Å²) >= 11 is 0. The average Bonchev–Trinajstić information content (AvgIpc) is 2.90. The number of nitro benzene ring substituents is 1. The summed E-state index contributed by atoms with van der Waals surface area (Å²) in [6.07, 6.45) is 0. The summed E-state index contributed by atoms with van der Waals surface area (Å²) in [5.74, 6) is -0.276. The minimum Gasteiger partial charge on any atom is -0.351 e. The lowest BCUT2D eigenvalue weighted by Crippen LogP contribution is -2.47. The molecule has 0 heterocycles. The highest BCUT2D eigenvalue weighted by molar-refractivity contribution is 5.94. The lowest BCUT2D eigenvalue weighted by atomic mass is 9.77. The Kier molecular flexibility index (Phi) is 7.10. The van der Waals surface area contributed by atoms with Gasteiger partial charge in [0, 0.05) is 30.8 Å². The van der Waals surface area contributed by atoms with E-state index in [2.05, 4.69) is 47.0 Å². The topological polar surface area (TPSA) is 84.3 Å². The van der Waals surface area contributed by atoms with Crippen molar-refractivity contribution in [1.82, 2.24) is 10.6 Å². The number of nitro groups is 1.